The molecule has 1 N–H and O–H groups in total. The summed E-state index contributed by atoms with van der Waals surface area (Å²) in [5, 5.41) is 9.67. The zero-order chi connectivity index (χ0) is 52.7. The first-order chi connectivity index (χ1) is 35.1. The molecule has 9 nitrogen and oxygen atoms in total. The number of carbonyl (C=O) groups excluding carboxylic acids is 2. The Morgan fingerprint density at radius 2 is 0.722 bits per heavy atom. The molecule has 0 aliphatic rings. The second kappa shape index (κ2) is 55.3. The summed E-state index contributed by atoms with van der Waals surface area (Å²) >= 11 is 0. The Bertz CT molecular complexity index is 1190. The van der Waals surface area contributed by atoms with Crippen LogP contribution in [-0.4, -0.2) is 87.4 Å². The van der Waals surface area contributed by atoms with Gasteiger partial charge in [-0.05, 0) is 32.1 Å². The molecule has 0 rings (SSSR count). The Morgan fingerprint density at radius 1 is 0.403 bits per heavy atom. The summed E-state index contributed by atoms with van der Waals surface area (Å²) in [5.41, 5.74) is 0. The molecule has 0 spiro atoms. The van der Waals surface area contributed by atoms with Crippen molar-refractivity contribution >= 4 is 17.9 Å². The fourth-order valence-electron chi connectivity index (χ4n) is 9.41. The third-order valence-corrected chi connectivity index (χ3v) is 14.3. The molecule has 0 bridgehead atoms. The number of allylic oxidation sites excluding steroid dienone is 2. The Balaban J connectivity index is 3.87. The molecule has 0 saturated heterocycles. The predicted molar refractivity (Wildman–Crippen MR) is 305 cm³/mol. The SMILES string of the molecule is CCCC/C=C\CCCCCCCC(=O)OC(COC(=O)CCCCCCCCCCCCCCCCCCCCCCCCCCCCCCCCCCCCCC)COC(OCC[N+](C)(C)C)C(=O)O. The lowest BCUT2D eigenvalue weighted by molar-refractivity contribution is -0.870. The normalized spacial score (nSPS) is 12.7. The highest BCUT2D eigenvalue weighted by Gasteiger charge is 2.25. The molecule has 0 aromatic rings. The van der Waals surface area contributed by atoms with Crippen molar-refractivity contribution < 1.29 is 42.9 Å². The smallest absolute Gasteiger partial charge is 0.361 e. The summed E-state index contributed by atoms with van der Waals surface area (Å²) in [6, 6.07) is 0. The van der Waals surface area contributed by atoms with E-state index in [1.54, 1.807) is 0 Å². The number of likely N-dealkylation sites (N-methyl/N-ethyl adjacent to an activating group) is 1. The van der Waals surface area contributed by atoms with Crippen LogP contribution in [0.3, 0.4) is 0 Å². The second-order valence-electron chi connectivity index (χ2n) is 22.7. The van der Waals surface area contributed by atoms with Crippen LogP contribution in [0.25, 0.3) is 0 Å². The standard InChI is InChI=1S/C63H121NO8/c1-6-8-10-12-14-16-18-19-20-21-22-23-24-25-26-27-28-29-30-31-32-33-34-35-36-37-38-39-40-41-42-44-45-47-49-51-53-60(65)70-57-59(58-71-63(62(67)68)69-56-55-64(3,4)5)72-61(66)54-52-50-48-46-43-17-15-13-11-9-7-2/h13,15,59,63H,6-12,14,16-58H2,1-5H3/p+1/b15-13-. The maximum absolute atomic E-state index is 12.8. The molecule has 0 aromatic carbocycles. The zero-order valence-corrected chi connectivity index (χ0v) is 48.6. The van der Waals surface area contributed by atoms with E-state index in [4.69, 9.17) is 18.9 Å². The minimum atomic E-state index is -1.51. The number of carbonyl (C=O) groups is 3. The van der Waals surface area contributed by atoms with E-state index in [1.165, 1.54) is 225 Å². The van der Waals surface area contributed by atoms with E-state index in [-0.39, 0.29) is 32.2 Å². The molecular formula is C63H122NO8+. The third-order valence-electron chi connectivity index (χ3n) is 14.3. The lowest BCUT2D eigenvalue weighted by atomic mass is 10.0. The lowest BCUT2D eigenvalue weighted by Gasteiger charge is -2.25. The van der Waals surface area contributed by atoms with Crippen LogP contribution < -0.4 is 0 Å². The van der Waals surface area contributed by atoms with Crippen LogP contribution in [0.1, 0.15) is 316 Å². The van der Waals surface area contributed by atoms with Crippen molar-refractivity contribution in [2.75, 3.05) is 47.5 Å². The van der Waals surface area contributed by atoms with Gasteiger partial charge in [-0.15, -0.1) is 0 Å². The number of nitrogens with zero attached hydrogens (tertiary/aromatic N) is 1. The van der Waals surface area contributed by atoms with E-state index in [1.807, 2.05) is 21.1 Å². The van der Waals surface area contributed by atoms with Gasteiger partial charge in [-0.2, -0.15) is 0 Å². The monoisotopic (exact) mass is 1020 g/mol. The average molecular weight is 1020 g/mol. The first-order valence-corrected chi connectivity index (χ1v) is 31.4. The van der Waals surface area contributed by atoms with Gasteiger partial charge < -0.3 is 28.5 Å². The highest BCUT2D eigenvalue weighted by molar-refractivity contribution is 5.71. The van der Waals surface area contributed by atoms with E-state index in [0.29, 0.717) is 23.9 Å². The third kappa shape index (κ3) is 55.8. The van der Waals surface area contributed by atoms with Gasteiger partial charge >= 0.3 is 17.9 Å². The quantitative estimate of drug-likeness (QED) is 0.0211. The van der Waals surface area contributed by atoms with Crippen molar-refractivity contribution in [2.24, 2.45) is 0 Å². The topological polar surface area (TPSA) is 108 Å². The first-order valence-electron chi connectivity index (χ1n) is 31.4. The number of ether oxygens (including phenoxy) is 4. The second-order valence-corrected chi connectivity index (χ2v) is 22.7. The highest BCUT2D eigenvalue weighted by atomic mass is 16.7. The molecule has 0 aliphatic heterocycles. The lowest BCUT2D eigenvalue weighted by Crippen LogP contribution is -2.40. The predicted octanol–water partition coefficient (Wildman–Crippen LogP) is 18.5. The average Bonchev–Trinajstić information content (AvgIpc) is 3.35. The van der Waals surface area contributed by atoms with Crippen LogP contribution in [-0.2, 0) is 33.3 Å². The van der Waals surface area contributed by atoms with Crippen molar-refractivity contribution in [3.63, 3.8) is 0 Å². The van der Waals surface area contributed by atoms with E-state index < -0.39 is 24.3 Å². The molecule has 2 unspecified atom stereocenters. The fraction of sp³-hybridized carbons (Fsp3) is 0.921. The van der Waals surface area contributed by atoms with E-state index in [2.05, 4.69) is 26.0 Å². The van der Waals surface area contributed by atoms with Crippen molar-refractivity contribution in [3.05, 3.63) is 12.2 Å². The van der Waals surface area contributed by atoms with E-state index >= 15 is 0 Å². The van der Waals surface area contributed by atoms with Gasteiger partial charge in [-0.25, -0.2) is 4.79 Å². The zero-order valence-electron chi connectivity index (χ0n) is 48.6. The molecule has 72 heavy (non-hydrogen) atoms. The van der Waals surface area contributed by atoms with Gasteiger partial charge in [0.15, 0.2) is 6.10 Å². The van der Waals surface area contributed by atoms with Gasteiger partial charge in [-0.3, -0.25) is 9.59 Å². The minimum absolute atomic E-state index is 0.179. The molecule has 0 radical (unpaired) electrons. The Hall–Kier alpha value is -1.97. The van der Waals surface area contributed by atoms with Crippen LogP contribution in [0.4, 0.5) is 0 Å². The molecule has 2 atom stereocenters. The molecule has 0 saturated carbocycles. The summed E-state index contributed by atoms with van der Waals surface area (Å²) < 4.78 is 22.8. The van der Waals surface area contributed by atoms with Crippen molar-refractivity contribution in [2.45, 2.75) is 328 Å². The van der Waals surface area contributed by atoms with Crippen LogP contribution in [0.2, 0.25) is 0 Å². The van der Waals surface area contributed by atoms with Crippen LogP contribution in [0.5, 0.6) is 0 Å². The van der Waals surface area contributed by atoms with Gasteiger partial charge in [-0.1, -0.05) is 283 Å². The molecule has 0 aliphatic carbocycles. The number of aliphatic carboxylic acids is 1. The molecule has 426 valence electrons. The summed E-state index contributed by atoms with van der Waals surface area (Å²) in [7, 11) is 5.97. The van der Waals surface area contributed by atoms with Crippen LogP contribution in [0.15, 0.2) is 12.2 Å². The largest absolute Gasteiger partial charge is 0.477 e. The van der Waals surface area contributed by atoms with Gasteiger partial charge in [0.05, 0.1) is 34.4 Å². The first kappa shape index (κ1) is 70.0. The minimum Gasteiger partial charge on any atom is -0.477 e. The van der Waals surface area contributed by atoms with Gasteiger partial charge in [0.2, 0.25) is 0 Å². The number of hydrogen-bond acceptors (Lipinski definition) is 7. The summed E-state index contributed by atoms with van der Waals surface area (Å²) in [4.78, 5) is 37.3. The molecule has 0 amide bonds. The Labute approximate surface area is 446 Å². The number of carboxylic acid groups (broad SMARTS) is 1. The summed E-state index contributed by atoms with van der Waals surface area (Å²) in [6.45, 7) is 4.87. The molecule has 0 fully saturated rings. The highest BCUT2D eigenvalue weighted by Crippen LogP contribution is 2.18. The molecular weight excluding hydrogens is 899 g/mol. The number of rotatable bonds is 59. The number of carboxylic acids is 1. The fourth-order valence-corrected chi connectivity index (χ4v) is 9.41. The van der Waals surface area contributed by atoms with E-state index in [9.17, 15) is 19.5 Å². The summed E-state index contributed by atoms with van der Waals surface area (Å²) in [6.07, 6.45) is 62.1. The number of unbranched alkanes of at least 4 members (excludes halogenated alkanes) is 42. The van der Waals surface area contributed by atoms with Crippen LogP contribution >= 0.6 is 0 Å². The maximum atomic E-state index is 12.8. The molecule has 0 heterocycles. The molecule has 9 heteroatoms. The van der Waals surface area contributed by atoms with Crippen molar-refractivity contribution in [1.29, 1.82) is 0 Å². The summed E-state index contributed by atoms with van der Waals surface area (Å²) in [5.74, 6) is -2.00. The van der Waals surface area contributed by atoms with Crippen molar-refractivity contribution in [3.8, 4) is 0 Å². The molecule has 0 aromatic heterocycles. The number of hydrogen-bond donors (Lipinski definition) is 1. The number of quaternary nitrogens is 1. The Kier molecular flexibility index (Phi) is 53.8. The van der Waals surface area contributed by atoms with Crippen LogP contribution in [0, 0.1) is 0 Å². The van der Waals surface area contributed by atoms with Crippen molar-refractivity contribution in [1.82, 2.24) is 0 Å². The van der Waals surface area contributed by atoms with E-state index in [0.717, 1.165) is 57.8 Å². The van der Waals surface area contributed by atoms with Gasteiger partial charge in [0, 0.05) is 12.8 Å². The van der Waals surface area contributed by atoms with Gasteiger partial charge in [0.1, 0.15) is 13.2 Å². The van der Waals surface area contributed by atoms with Gasteiger partial charge in [0.25, 0.3) is 6.29 Å². The Morgan fingerprint density at radius 3 is 1.07 bits per heavy atom. The number of esters is 2. The maximum Gasteiger partial charge on any atom is 0.361 e.